The van der Waals surface area contributed by atoms with Crippen molar-refractivity contribution in [2.75, 3.05) is 13.6 Å². The predicted octanol–water partition coefficient (Wildman–Crippen LogP) is 3.74. The summed E-state index contributed by atoms with van der Waals surface area (Å²) in [5, 5.41) is 3.70. The average molecular weight is 290 g/mol. The molecule has 0 spiro atoms. The number of nitrogens with one attached hydrogen (secondary N) is 1. The molecule has 3 heteroatoms. The third-order valence-electron chi connectivity index (χ3n) is 5.48. The van der Waals surface area contributed by atoms with E-state index in [0.29, 0.717) is 0 Å². The minimum Gasteiger partial charge on any atom is -0.311 e. The van der Waals surface area contributed by atoms with Gasteiger partial charge < -0.3 is 5.32 Å². The van der Waals surface area contributed by atoms with Gasteiger partial charge in [-0.15, -0.1) is 0 Å². The van der Waals surface area contributed by atoms with Gasteiger partial charge in [-0.3, -0.25) is 4.90 Å². The minimum absolute atomic E-state index is 0.0863. The SMILES string of the molecule is CC(c1ccccc1F)N(C)CCC1CC2CCC(C1)N2. The molecule has 3 atom stereocenters. The molecule has 1 aromatic rings. The van der Waals surface area contributed by atoms with Gasteiger partial charge in [-0.25, -0.2) is 4.39 Å². The molecule has 0 amide bonds. The smallest absolute Gasteiger partial charge is 0.127 e. The first-order valence-electron chi connectivity index (χ1n) is 8.34. The van der Waals surface area contributed by atoms with Gasteiger partial charge in [0.15, 0.2) is 0 Å². The maximum atomic E-state index is 13.9. The standard InChI is InChI=1S/C18H27FN2/c1-13(17-5-3-4-6-18(17)19)21(2)10-9-14-11-15-7-8-16(12-14)20-15/h3-6,13-16,20H,7-12H2,1-2H3. The molecule has 3 unspecified atom stereocenters. The molecule has 0 radical (unpaired) electrons. The largest absolute Gasteiger partial charge is 0.311 e. The highest BCUT2D eigenvalue weighted by Crippen LogP contribution is 2.33. The van der Waals surface area contributed by atoms with Crippen molar-refractivity contribution in [3.8, 4) is 0 Å². The summed E-state index contributed by atoms with van der Waals surface area (Å²) < 4.78 is 13.9. The van der Waals surface area contributed by atoms with Gasteiger partial charge in [0.1, 0.15) is 5.82 Å². The fraction of sp³-hybridized carbons (Fsp3) is 0.667. The Bertz CT molecular complexity index is 464. The topological polar surface area (TPSA) is 15.3 Å². The van der Waals surface area contributed by atoms with Crippen LogP contribution in [-0.2, 0) is 0 Å². The van der Waals surface area contributed by atoms with Crippen molar-refractivity contribution in [1.29, 1.82) is 0 Å². The number of hydrogen-bond donors (Lipinski definition) is 1. The van der Waals surface area contributed by atoms with E-state index in [1.807, 2.05) is 12.1 Å². The molecule has 3 rings (SSSR count). The highest BCUT2D eigenvalue weighted by Gasteiger charge is 2.33. The van der Waals surface area contributed by atoms with Crippen molar-refractivity contribution in [2.45, 2.75) is 57.2 Å². The fourth-order valence-corrected chi connectivity index (χ4v) is 4.04. The Kier molecular flexibility index (Phi) is 4.60. The summed E-state index contributed by atoms with van der Waals surface area (Å²) in [6.45, 7) is 3.16. The molecule has 2 heterocycles. The molecule has 2 saturated heterocycles. The van der Waals surface area contributed by atoms with Crippen LogP contribution in [0.25, 0.3) is 0 Å². The highest BCUT2D eigenvalue weighted by atomic mass is 19.1. The summed E-state index contributed by atoms with van der Waals surface area (Å²) in [5.74, 6) is 0.760. The molecule has 116 valence electrons. The Labute approximate surface area is 127 Å². The first kappa shape index (κ1) is 15.0. The molecule has 1 N–H and O–H groups in total. The lowest BCUT2D eigenvalue weighted by Crippen LogP contribution is -2.39. The molecule has 1 aromatic carbocycles. The summed E-state index contributed by atoms with van der Waals surface area (Å²) in [7, 11) is 2.12. The molecule has 2 nitrogen and oxygen atoms in total. The van der Waals surface area contributed by atoms with E-state index in [1.165, 1.54) is 32.1 Å². The molecule has 0 saturated carbocycles. The normalized spacial score (nSPS) is 29.8. The molecule has 2 aliphatic heterocycles. The van der Waals surface area contributed by atoms with Gasteiger partial charge in [0.25, 0.3) is 0 Å². The Balaban J connectivity index is 1.52. The van der Waals surface area contributed by atoms with Crippen molar-refractivity contribution in [2.24, 2.45) is 5.92 Å². The van der Waals surface area contributed by atoms with E-state index in [-0.39, 0.29) is 11.9 Å². The Morgan fingerprint density at radius 1 is 1.24 bits per heavy atom. The van der Waals surface area contributed by atoms with Gasteiger partial charge in [0.2, 0.25) is 0 Å². The summed E-state index contributed by atoms with van der Waals surface area (Å²) in [4.78, 5) is 2.29. The second kappa shape index (κ2) is 6.45. The fourth-order valence-electron chi connectivity index (χ4n) is 4.04. The second-order valence-electron chi connectivity index (χ2n) is 6.94. The Morgan fingerprint density at radius 3 is 2.57 bits per heavy atom. The zero-order valence-corrected chi connectivity index (χ0v) is 13.2. The molecule has 0 aliphatic carbocycles. The van der Waals surface area contributed by atoms with Crippen LogP contribution in [0.5, 0.6) is 0 Å². The Morgan fingerprint density at radius 2 is 1.90 bits per heavy atom. The van der Waals surface area contributed by atoms with Gasteiger partial charge in [0.05, 0.1) is 0 Å². The lowest BCUT2D eigenvalue weighted by atomic mass is 9.89. The molecular formula is C18H27FN2. The van der Waals surface area contributed by atoms with E-state index < -0.39 is 0 Å². The van der Waals surface area contributed by atoms with E-state index in [1.54, 1.807) is 12.1 Å². The van der Waals surface area contributed by atoms with E-state index in [2.05, 4.69) is 24.2 Å². The van der Waals surface area contributed by atoms with E-state index in [4.69, 9.17) is 0 Å². The van der Waals surface area contributed by atoms with Crippen LogP contribution in [-0.4, -0.2) is 30.6 Å². The van der Waals surface area contributed by atoms with Gasteiger partial charge >= 0.3 is 0 Å². The molecule has 0 aromatic heterocycles. The first-order valence-corrected chi connectivity index (χ1v) is 8.34. The first-order chi connectivity index (χ1) is 10.1. The van der Waals surface area contributed by atoms with Crippen LogP contribution >= 0.6 is 0 Å². The number of nitrogens with zero attached hydrogens (tertiary/aromatic N) is 1. The second-order valence-corrected chi connectivity index (χ2v) is 6.94. The minimum atomic E-state index is -0.0863. The van der Waals surface area contributed by atoms with Crippen LogP contribution in [0.2, 0.25) is 0 Å². The number of rotatable bonds is 5. The zero-order valence-electron chi connectivity index (χ0n) is 13.2. The number of benzene rings is 1. The lowest BCUT2D eigenvalue weighted by molar-refractivity contribution is 0.208. The van der Waals surface area contributed by atoms with Crippen LogP contribution < -0.4 is 5.32 Å². The zero-order chi connectivity index (χ0) is 14.8. The van der Waals surface area contributed by atoms with Crippen molar-refractivity contribution < 1.29 is 4.39 Å². The van der Waals surface area contributed by atoms with Crippen LogP contribution in [0.15, 0.2) is 24.3 Å². The van der Waals surface area contributed by atoms with Crippen LogP contribution in [0.1, 0.15) is 50.6 Å². The molecular weight excluding hydrogens is 263 g/mol. The summed E-state index contributed by atoms with van der Waals surface area (Å²) in [6, 6.07) is 8.82. The average Bonchev–Trinajstić information content (AvgIpc) is 2.83. The van der Waals surface area contributed by atoms with E-state index >= 15 is 0 Å². The third kappa shape index (κ3) is 3.46. The maximum Gasteiger partial charge on any atom is 0.127 e. The summed E-state index contributed by atoms with van der Waals surface area (Å²) in [6.07, 6.45) is 6.63. The van der Waals surface area contributed by atoms with Crippen molar-refractivity contribution >= 4 is 0 Å². The number of fused-ring (bicyclic) bond motifs is 2. The predicted molar refractivity (Wildman–Crippen MR) is 84.7 cm³/mol. The molecule has 2 aliphatic rings. The van der Waals surface area contributed by atoms with Crippen molar-refractivity contribution in [1.82, 2.24) is 10.2 Å². The van der Waals surface area contributed by atoms with E-state index in [9.17, 15) is 4.39 Å². The molecule has 2 bridgehead atoms. The van der Waals surface area contributed by atoms with Crippen LogP contribution in [0.3, 0.4) is 0 Å². The van der Waals surface area contributed by atoms with Crippen molar-refractivity contribution in [3.63, 3.8) is 0 Å². The summed E-state index contributed by atoms with van der Waals surface area (Å²) in [5.41, 5.74) is 0.811. The van der Waals surface area contributed by atoms with Crippen LogP contribution in [0.4, 0.5) is 4.39 Å². The van der Waals surface area contributed by atoms with E-state index in [0.717, 1.165) is 30.1 Å². The van der Waals surface area contributed by atoms with Gasteiger partial charge in [-0.2, -0.15) is 0 Å². The number of halogens is 1. The number of hydrogen-bond acceptors (Lipinski definition) is 2. The number of piperidine rings is 1. The van der Waals surface area contributed by atoms with Gasteiger partial charge in [0, 0.05) is 23.7 Å². The quantitative estimate of drug-likeness (QED) is 0.888. The summed E-state index contributed by atoms with van der Waals surface area (Å²) >= 11 is 0. The van der Waals surface area contributed by atoms with Crippen LogP contribution in [0, 0.1) is 11.7 Å². The third-order valence-corrected chi connectivity index (χ3v) is 5.48. The highest BCUT2D eigenvalue weighted by molar-refractivity contribution is 5.20. The van der Waals surface area contributed by atoms with Gasteiger partial charge in [-0.1, -0.05) is 18.2 Å². The maximum absolute atomic E-state index is 13.9. The monoisotopic (exact) mass is 290 g/mol. The molecule has 21 heavy (non-hydrogen) atoms. The molecule has 2 fully saturated rings. The lowest BCUT2D eigenvalue weighted by Gasteiger charge is -2.32. The Hall–Kier alpha value is -0.930. The van der Waals surface area contributed by atoms with Crippen molar-refractivity contribution in [3.05, 3.63) is 35.6 Å². The van der Waals surface area contributed by atoms with Gasteiger partial charge in [-0.05, 0) is 64.6 Å².